The average Bonchev–Trinajstić information content (AvgIpc) is 3.46. The Morgan fingerprint density at radius 1 is 1.40 bits per heavy atom. The molecule has 2 atom stereocenters. The highest BCUT2D eigenvalue weighted by atomic mass is 16.5. The topological polar surface area (TPSA) is 109 Å². The third-order valence-corrected chi connectivity index (χ3v) is 6.78. The Bertz CT molecular complexity index is 1180. The van der Waals surface area contributed by atoms with Crippen LogP contribution < -0.4 is 5.56 Å². The fourth-order valence-electron chi connectivity index (χ4n) is 5.07. The molecule has 1 amide bonds. The van der Waals surface area contributed by atoms with Crippen LogP contribution in [0.1, 0.15) is 62.0 Å². The Labute approximate surface area is 173 Å². The Kier molecular flexibility index (Phi) is 4.30. The molecule has 0 radical (unpaired) electrons. The minimum atomic E-state index is -0.262. The van der Waals surface area contributed by atoms with E-state index in [2.05, 4.69) is 20.2 Å². The summed E-state index contributed by atoms with van der Waals surface area (Å²) in [5.41, 5.74) is 1.11. The van der Waals surface area contributed by atoms with Gasteiger partial charge in [-0.15, -0.1) is 0 Å². The van der Waals surface area contributed by atoms with Gasteiger partial charge in [-0.3, -0.25) is 14.7 Å². The van der Waals surface area contributed by atoms with Crippen LogP contribution in [0.4, 0.5) is 0 Å². The van der Waals surface area contributed by atoms with Gasteiger partial charge in [-0.2, -0.15) is 4.98 Å². The number of aryl methyl sites for hydroxylation is 1. The second kappa shape index (κ2) is 6.78. The van der Waals surface area contributed by atoms with Crippen molar-refractivity contribution < 1.29 is 9.32 Å². The van der Waals surface area contributed by atoms with Crippen LogP contribution in [0.25, 0.3) is 5.65 Å². The zero-order valence-electron chi connectivity index (χ0n) is 17.5. The first kappa shape index (κ1) is 19.0. The van der Waals surface area contributed by atoms with Gasteiger partial charge in [0.05, 0.1) is 11.8 Å². The lowest BCUT2D eigenvalue weighted by molar-refractivity contribution is -0.129. The van der Waals surface area contributed by atoms with E-state index in [9.17, 15) is 9.59 Å². The number of nitrogens with zero attached hydrogens (tertiary/aromatic N) is 5. The number of nitrogens with one attached hydrogen (secondary N) is 1. The van der Waals surface area contributed by atoms with E-state index in [0.717, 1.165) is 19.3 Å². The number of hydrogen-bond donors (Lipinski definition) is 1. The third-order valence-electron chi connectivity index (χ3n) is 6.78. The number of fused-ring (bicyclic) bond motifs is 2. The monoisotopic (exact) mass is 410 g/mol. The second-order valence-corrected chi connectivity index (χ2v) is 8.95. The maximum absolute atomic E-state index is 13.2. The molecule has 3 aromatic heterocycles. The molecular formula is C21H26N6O3. The molecule has 0 aromatic carbocycles. The minimum Gasteiger partial charge on any atom is -0.341 e. The fourth-order valence-corrected chi connectivity index (χ4v) is 5.07. The van der Waals surface area contributed by atoms with Gasteiger partial charge in [0, 0.05) is 42.5 Å². The van der Waals surface area contributed by atoms with Gasteiger partial charge in [-0.25, -0.2) is 9.50 Å². The van der Waals surface area contributed by atoms with Crippen molar-refractivity contribution >= 4 is 11.6 Å². The molecule has 5 rings (SSSR count). The number of aromatic amines is 1. The van der Waals surface area contributed by atoms with Crippen molar-refractivity contribution in [1.82, 2.24) is 29.6 Å². The maximum atomic E-state index is 13.2. The molecule has 1 saturated heterocycles. The largest absolute Gasteiger partial charge is 0.341 e. The first-order valence-corrected chi connectivity index (χ1v) is 10.6. The van der Waals surface area contributed by atoms with Gasteiger partial charge in [-0.1, -0.05) is 25.4 Å². The Balaban J connectivity index is 1.41. The molecule has 1 N–H and O–H groups in total. The molecule has 0 bridgehead atoms. The number of hydrogen-bond acceptors (Lipinski definition) is 6. The van der Waals surface area contributed by atoms with E-state index in [1.54, 1.807) is 19.2 Å². The van der Waals surface area contributed by atoms with Gasteiger partial charge in [0.2, 0.25) is 11.8 Å². The third kappa shape index (κ3) is 2.79. The van der Waals surface area contributed by atoms with E-state index in [4.69, 9.17) is 4.52 Å². The molecule has 2 aliphatic rings. The molecule has 1 saturated carbocycles. The van der Waals surface area contributed by atoms with Crippen LogP contribution in [0, 0.1) is 12.8 Å². The van der Waals surface area contributed by atoms with Crippen LogP contribution in [0.2, 0.25) is 0 Å². The summed E-state index contributed by atoms with van der Waals surface area (Å²) in [4.78, 5) is 37.0. The van der Waals surface area contributed by atoms with Crippen molar-refractivity contribution in [3.8, 4) is 0 Å². The summed E-state index contributed by atoms with van der Waals surface area (Å²) >= 11 is 0. The number of H-pyrrole nitrogens is 1. The molecule has 1 aliphatic heterocycles. The molecule has 1 aliphatic carbocycles. The van der Waals surface area contributed by atoms with Crippen LogP contribution in [-0.2, 0) is 16.6 Å². The lowest BCUT2D eigenvalue weighted by Gasteiger charge is -2.24. The fraction of sp³-hybridized carbons (Fsp3) is 0.571. The summed E-state index contributed by atoms with van der Waals surface area (Å²) in [5.74, 6) is 1.83. The zero-order valence-corrected chi connectivity index (χ0v) is 17.5. The van der Waals surface area contributed by atoms with Crippen LogP contribution in [0.5, 0.6) is 0 Å². The number of aromatic nitrogens is 5. The molecule has 4 heterocycles. The molecule has 9 heteroatoms. The molecule has 0 unspecified atom stereocenters. The Morgan fingerprint density at radius 3 is 3.00 bits per heavy atom. The quantitative estimate of drug-likeness (QED) is 0.704. The first-order chi connectivity index (χ1) is 14.4. The molecule has 3 aromatic rings. The lowest BCUT2D eigenvalue weighted by atomic mass is 9.80. The molecule has 158 valence electrons. The van der Waals surface area contributed by atoms with Crippen LogP contribution in [-0.4, -0.2) is 48.6 Å². The highest BCUT2D eigenvalue weighted by Gasteiger charge is 2.55. The summed E-state index contributed by atoms with van der Waals surface area (Å²) in [5, 5.41) is 7.01. The standard InChI is InChI=1S/C21H26N6O3/c1-12(2)18-24-20(30-25-18)21-7-4-5-14(21)10-26(11-21)17(28)9-15-13(3)23-16-6-8-22-27(16)19(15)29/h6,8,12,14,22H,4-5,7,9-11H2,1-3H3/t14-,21-/m1/s1. The second-order valence-electron chi connectivity index (χ2n) is 8.95. The van der Waals surface area contributed by atoms with Crippen LogP contribution in [0.15, 0.2) is 21.6 Å². The molecule has 9 nitrogen and oxygen atoms in total. The van der Waals surface area contributed by atoms with E-state index in [1.165, 1.54) is 4.52 Å². The van der Waals surface area contributed by atoms with E-state index < -0.39 is 0 Å². The van der Waals surface area contributed by atoms with E-state index >= 15 is 0 Å². The van der Waals surface area contributed by atoms with Crippen molar-refractivity contribution in [3.63, 3.8) is 0 Å². The maximum Gasteiger partial charge on any atom is 0.276 e. The van der Waals surface area contributed by atoms with Gasteiger partial charge in [-0.05, 0) is 25.7 Å². The van der Waals surface area contributed by atoms with Gasteiger partial charge < -0.3 is 9.42 Å². The molecular weight excluding hydrogens is 384 g/mol. The summed E-state index contributed by atoms with van der Waals surface area (Å²) in [6.07, 6.45) is 4.79. The predicted molar refractivity (Wildman–Crippen MR) is 108 cm³/mol. The lowest BCUT2D eigenvalue weighted by Crippen LogP contribution is -2.37. The van der Waals surface area contributed by atoms with Crippen molar-refractivity contribution in [3.05, 3.63) is 45.6 Å². The SMILES string of the molecule is Cc1nc2cc[nH]n2c(=O)c1CC(=O)N1C[C@H]2CCC[C@@]2(c2nc(C(C)C)no2)C1. The molecule has 30 heavy (non-hydrogen) atoms. The zero-order chi connectivity index (χ0) is 21.0. The summed E-state index contributed by atoms with van der Waals surface area (Å²) < 4.78 is 7.05. The predicted octanol–water partition coefficient (Wildman–Crippen LogP) is 1.96. The van der Waals surface area contributed by atoms with Gasteiger partial charge in [0.25, 0.3) is 5.56 Å². The summed E-state index contributed by atoms with van der Waals surface area (Å²) in [6.45, 7) is 7.09. The van der Waals surface area contributed by atoms with E-state index in [0.29, 0.717) is 47.6 Å². The van der Waals surface area contributed by atoms with Crippen molar-refractivity contribution in [2.45, 2.75) is 57.8 Å². The molecule has 0 spiro atoms. The van der Waals surface area contributed by atoms with Crippen molar-refractivity contribution in [1.29, 1.82) is 0 Å². The Hall–Kier alpha value is -2.97. The highest BCUT2D eigenvalue weighted by Crippen LogP contribution is 2.50. The van der Waals surface area contributed by atoms with Gasteiger partial charge in [0.1, 0.15) is 0 Å². The van der Waals surface area contributed by atoms with Gasteiger partial charge >= 0.3 is 0 Å². The van der Waals surface area contributed by atoms with Crippen molar-refractivity contribution in [2.24, 2.45) is 5.92 Å². The number of amides is 1. The van der Waals surface area contributed by atoms with E-state index in [-0.39, 0.29) is 29.2 Å². The number of likely N-dealkylation sites (tertiary alicyclic amines) is 1. The number of carbonyl (C=O) groups is 1. The number of carbonyl (C=O) groups excluding carboxylic acids is 1. The first-order valence-electron chi connectivity index (χ1n) is 10.6. The summed E-state index contributed by atoms with van der Waals surface area (Å²) in [6, 6.07) is 1.74. The minimum absolute atomic E-state index is 0.0451. The Morgan fingerprint density at radius 2 is 2.23 bits per heavy atom. The van der Waals surface area contributed by atoms with Gasteiger partial charge in [0.15, 0.2) is 11.5 Å². The molecule has 2 fully saturated rings. The normalized spacial score (nSPS) is 23.6. The number of rotatable bonds is 4. The van der Waals surface area contributed by atoms with Crippen molar-refractivity contribution in [2.75, 3.05) is 13.1 Å². The smallest absolute Gasteiger partial charge is 0.276 e. The van der Waals surface area contributed by atoms with Crippen LogP contribution >= 0.6 is 0 Å². The highest BCUT2D eigenvalue weighted by molar-refractivity contribution is 5.79. The summed E-state index contributed by atoms with van der Waals surface area (Å²) in [7, 11) is 0. The average molecular weight is 410 g/mol. The van der Waals surface area contributed by atoms with E-state index in [1.807, 2.05) is 18.7 Å². The van der Waals surface area contributed by atoms with Crippen LogP contribution in [0.3, 0.4) is 0 Å².